The summed E-state index contributed by atoms with van der Waals surface area (Å²) in [7, 11) is 0. The number of aromatic amines is 1. The third-order valence-corrected chi connectivity index (χ3v) is 2.57. The summed E-state index contributed by atoms with van der Waals surface area (Å²) in [4.78, 5) is 33.6. The fraction of sp³-hybridized carbons (Fsp3) is 0.167. The van der Waals surface area contributed by atoms with Gasteiger partial charge in [-0.15, -0.1) is 0 Å². The molecule has 0 aromatic carbocycles. The van der Waals surface area contributed by atoms with E-state index in [-0.39, 0.29) is 17.2 Å². The first-order chi connectivity index (χ1) is 9.09. The van der Waals surface area contributed by atoms with Gasteiger partial charge in [-0.3, -0.25) is 9.78 Å². The molecule has 3 N–H and O–H groups in total. The quantitative estimate of drug-likeness (QED) is 0.759. The summed E-state index contributed by atoms with van der Waals surface area (Å²) in [6, 6.07) is 1.02. The summed E-state index contributed by atoms with van der Waals surface area (Å²) in [6.07, 6.45) is 5.74. The number of carbonyl (C=O) groups excluding carboxylic acids is 1. The lowest BCUT2D eigenvalue weighted by Crippen LogP contribution is -2.28. The van der Waals surface area contributed by atoms with Crippen LogP contribution in [0.15, 0.2) is 30.9 Å². The highest BCUT2D eigenvalue weighted by Crippen LogP contribution is 2.11. The lowest BCUT2D eigenvalue weighted by Gasteiger charge is -2.12. The molecule has 0 bridgehead atoms. The zero-order valence-corrected chi connectivity index (χ0v) is 10.1. The van der Waals surface area contributed by atoms with Crippen molar-refractivity contribution in [2.45, 2.75) is 13.0 Å². The van der Waals surface area contributed by atoms with E-state index >= 15 is 0 Å². The summed E-state index contributed by atoms with van der Waals surface area (Å²) in [6.45, 7) is 1.75. The van der Waals surface area contributed by atoms with Gasteiger partial charge in [0, 0.05) is 24.8 Å². The average Bonchev–Trinajstić information content (AvgIpc) is 2.92. The van der Waals surface area contributed by atoms with E-state index in [2.05, 4.69) is 20.3 Å². The molecule has 98 valence electrons. The number of nitrogens with zero attached hydrogens (tertiary/aromatic N) is 2. The Balaban J connectivity index is 2.19. The van der Waals surface area contributed by atoms with Crippen LogP contribution >= 0.6 is 0 Å². The summed E-state index contributed by atoms with van der Waals surface area (Å²) < 4.78 is 0. The van der Waals surface area contributed by atoms with Gasteiger partial charge in [0.05, 0.1) is 17.2 Å². The van der Waals surface area contributed by atoms with Crippen LogP contribution in [-0.4, -0.2) is 31.9 Å². The minimum Gasteiger partial charge on any atom is -0.478 e. The van der Waals surface area contributed by atoms with Gasteiger partial charge in [-0.05, 0) is 13.0 Å². The molecule has 0 saturated heterocycles. The van der Waals surface area contributed by atoms with Crippen LogP contribution in [0.4, 0.5) is 0 Å². The van der Waals surface area contributed by atoms with Gasteiger partial charge in [0.1, 0.15) is 5.82 Å². The Kier molecular flexibility index (Phi) is 3.56. The number of aromatic nitrogens is 3. The predicted octanol–water partition coefficient (Wildman–Crippen LogP) is 0.994. The minimum atomic E-state index is -1.19. The second-order valence-electron chi connectivity index (χ2n) is 3.90. The Morgan fingerprint density at radius 2 is 2.16 bits per heavy atom. The highest BCUT2D eigenvalue weighted by atomic mass is 16.4. The maximum atomic E-state index is 12.0. The van der Waals surface area contributed by atoms with Crippen LogP contribution in [-0.2, 0) is 0 Å². The Morgan fingerprint density at radius 3 is 2.79 bits per heavy atom. The average molecular weight is 260 g/mol. The van der Waals surface area contributed by atoms with Crippen molar-refractivity contribution in [2.24, 2.45) is 0 Å². The second-order valence-corrected chi connectivity index (χ2v) is 3.90. The van der Waals surface area contributed by atoms with Crippen molar-refractivity contribution in [3.8, 4) is 0 Å². The third-order valence-electron chi connectivity index (χ3n) is 2.57. The fourth-order valence-electron chi connectivity index (χ4n) is 1.62. The smallest absolute Gasteiger partial charge is 0.338 e. The van der Waals surface area contributed by atoms with Gasteiger partial charge in [-0.1, -0.05) is 0 Å². The largest absolute Gasteiger partial charge is 0.478 e. The van der Waals surface area contributed by atoms with Crippen LogP contribution in [0.1, 0.15) is 39.5 Å². The molecule has 0 spiro atoms. The Labute approximate surface area is 108 Å². The van der Waals surface area contributed by atoms with Gasteiger partial charge in [0.2, 0.25) is 0 Å². The van der Waals surface area contributed by atoms with E-state index in [4.69, 9.17) is 5.11 Å². The van der Waals surface area contributed by atoms with Crippen LogP contribution in [0.5, 0.6) is 0 Å². The number of hydrogen-bond donors (Lipinski definition) is 3. The SMILES string of the molecule is CC(NC(=O)c1ccncc1C(=O)O)c1ncc[nH]1. The molecule has 2 aromatic rings. The molecule has 0 fully saturated rings. The van der Waals surface area contributed by atoms with Crippen molar-refractivity contribution in [1.29, 1.82) is 0 Å². The molecule has 2 rings (SSSR count). The molecule has 2 heterocycles. The molecule has 1 unspecified atom stereocenters. The van der Waals surface area contributed by atoms with Gasteiger partial charge in [-0.2, -0.15) is 0 Å². The standard InChI is InChI=1S/C12H12N4O3/c1-7(10-14-4-5-15-10)16-11(17)8-2-3-13-6-9(8)12(18)19/h2-7H,1H3,(H,14,15)(H,16,17)(H,18,19). The fourth-order valence-corrected chi connectivity index (χ4v) is 1.62. The summed E-state index contributed by atoms with van der Waals surface area (Å²) in [5, 5.41) is 11.7. The first kappa shape index (κ1) is 12.7. The van der Waals surface area contributed by atoms with E-state index in [0.29, 0.717) is 5.82 Å². The molecule has 0 aliphatic rings. The van der Waals surface area contributed by atoms with E-state index in [1.807, 2.05) is 0 Å². The maximum absolute atomic E-state index is 12.0. The van der Waals surface area contributed by atoms with Gasteiger partial charge in [0.25, 0.3) is 5.91 Å². The first-order valence-corrected chi connectivity index (χ1v) is 5.57. The monoisotopic (exact) mass is 260 g/mol. The summed E-state index contributed by atoms with van der Waals surface area (Å²) in [5.41, 5.74) is -0.0625. The zero-order valence-electron chi connectivity index (χ0n) is 10.1. The maximum Gasteiger partial charge on any atom is 0.338 e. The van der Waals surface area contributed by atoms with Crippen molar-refractivity contribution in [3.05, 3.63) is 47.8 Å². The number of carbonyl (C=O) groups is 2. The van der Waals surface area contributed by atoms with Crippen LogP contribution in [0, 0.1) is 0 Å². The van der Waals surface area contributed by atoms with E-state index < -0.39 is 11.9 Å². The molecule has 0 aliphatic heterocycles. The van der Waals surface area contributed by atoms with Gasteiger partial charge in [0.15, 0.2) is 0 Å². The summed E-state index contributed by atoms with van der Waals surface area (Å²) >= 11 is 0. The molecule has 2 aromatic heterocycles. The number of amides is 1. The van der Waals surface area contributed by atoms with Crippen molar-refractivity contribution < 1.29 is 14.7 Å². The number of carboxylic acid groups (broad SMARTS) is 1. The number of aromatic carboxylic acids is 1. The lowest BCUT2D eigenvalue weighted by molar-refractivity contribution is 0.0690. The van der Waals surface area contributed by atoms with Crippen molar-refractivity contribution in [3.63, 3.8) is 0 Å². The van der Waals surface area contributed by atoms with E-state index in [1.54, 1.807) is 19.3 Å². The molecule has 7 nitrogen and oxygen atoms in total. The molecular formula is C12H12N4O3. The van der Waals surface area contributed by atoms with Crippen LogP contribution in [0.25, 0.3) is 0 Å². The Hall–Kier alpha value is -2.70. The number of pyridine rings is 1. The highest BCUT2D eigenvalue weighted by Gasteiger charge is 2.19. The molecule has 1 amide bonds. The zero-order chi connectivity index (χ0) is 13.8. The van der Waals surface area contributed by atoms with Crippen LogP contribution in [0.2, 0.25) is 0 Å². The van der Waals surface area contributed by atoms with Crippen LogP contribution in [0.3, 0.4) is 0 Å². The predicted molar refractivity (Wildman–Crippen MR) is 65.7 cm³/mol. The Bertz CT molecular complexity index is 595. The molecule has 0 saturated carbocycles. The molecule has 0 radical (unpaired) electrons. The lowest BCUT2D eigenvalue weighted by atomic mass is 10.1. The number of carboxylic acids is 1. The van der Waals surface area contributed by atoms with Crippen LogP contribution < -0.4 is 5.32 Å². The van der Waals surface area contributed by atoms with Gasteiger partial charge < -0.3 is 15.4 Å². The molecule has 1 atom stereocenters. The van der Waals surface area contributed by atoms with Crippen molar-refractivity contribution in [1.82, 2.24) is 20.3 Å². The number of H-pyrrole nitrogens is 1. The van der Waals surface area contributed by atoms with Gasteiger partial charge in [-0.25, -0.2) is 9.78 Å². The van der Waals surface area contributed by atoms with E-state index in [9.17, 15) is 9.59 Å². The summed E-state index contributed by atoms with van der Waals surface area (Å²) in [5.74, 6) is -1.08. The number of hydrogen-bond acceptors (Lipinski definition) is 4. The van der Waals surface area contributed by atoms with E-state index in [1.165, 1.54) is 12.3 Å². The topological polar surface area (TPSA) is 108 Å². The number of rotatable bonds is 4. The van der Waals surface area contributed by atoms with Gasteiger partial charge >= 0.3 is 5.97 Å². The Morgan fingerprint density at radius 1 is 1.37 bits per heavy atom. The number of imidazole rings is 1. The third kappa shape index (κ3) is 2.76. The van der Waals surface area contributed by atoms with Crippen molar-refractivity contribution >= 4 is 11.9 Å². The molecule has 19 heavy (non-hydrogen) atoms. The highest BCUT2D eigenvalue weighted by molar-refractivity contribution is 6.04. The van der Waals surface area contributed by atoms with E-state index in [0.717, 1.165) is 6.20 Å². The first-order valence-electron chi connectivity index (χ1n) is 5.57. The number of nitrogens with one attached hydrogen (secondary N) is 2. The normalized spacial score (nSPS) is 11.8. The molecule has 0 aliphatic carbocycles. The second kappa shape index (κ2) is 5.30. The minimum absolute atomic E-state index is 0.0703. The van der Waals surface area contributed by atoms with Crippen molar-refractivity contribution in [2.75, 3.05) is 0 Å². The molecule has 7 heteroatoms. The molecular weight excluding hydrogens is 248 g/mol.